The number of carbonyl (C=O) groups excluding carboxylic acids is 3. The van der Waals surface area contributed by atoms with Crippen molar-refractivity contribution in [2.24, 2.45) is 0 Å². The summed E-state index contributed by atoms with van der Waals surface area (Å²) in [5.41, 5.74) is -0.498. The van der Waals surface area contributed by atoms with Crippen LogP contribution in [0.5, 0.6) is 0 Å². The maximum Gasteiger partial charge on any atom is 0.273 e. The lowest BCUT2D eigenvalue weighted by molar-refractivity contribution is -0.133. The molecule has 8 heteroatoms. The van der Waals surface area contributed by atoms with Crippen molar-refractivity contribution >= 4 is 17.7 Å². The number of nitrogens with one attached hydrogen (secondary N) is 2. The van der Waals surface area contributed by atoms with Crippen LogP contribution in [-0.4, -0.2) is 57.6 Å². The third kappa shape index (κ3) is 2.89. The summed E-state index contributed by atoms with van der Waals surface area (Å²) >= 11 is 0. The van der Waals surface area contributed by atoms with E-state index >= 15 is 0 Å². The molecule has 1 aromatic heterocycles. The number of fused-ring (bicyclic) bond motifs is 1. The van der Waals surface area contributed by atoms with Crippen molar-refractivity contribution in [2.45, 2.75) is 57.7 Å². The largest absolute Gasteiger partial charge is 0.354 e. The van der Waals surface area contributed by atoms with Crippen LogP contribution >= 0.6 is 0 Å². The monoisotopic (exact) mass is 347 g/mol. The van der Waals surface area contributed by atoms with Gasteiger partial charge in [-0.2, -0.15) is 5.10 Å². The third-order valence-corrected chi connectivity index (χ3v) is 5.25. The molecule has 1 unspecified atom stereocenters. The fraction of sp³-hybridized carbons (Fsp3) is 0.647. The Morgan fingerprint density at radius 3 is 2.64 bits per heavy atom. The summed E-state index contributed by atoms with van der Waals surface area (Å²) in [7, 11) is 1.51. The van der Waals surface area contributed by atoms with Gasteiger partial charge in [0.1, 0.15) is 11.2 Å². The first-order valence-corrected chi connectivity index (χ1v) is 8.83. The van der Waals surface area contributed by atoms with Gasteiger partial charge in [0.2, 0.25) is 5.91 Å². The van der Waals surface area contributed by atoms with Crippen molar-refractivity contribution in [1.29, 1.82) is 0 Å². The summed E-state index contributed by atoms with van der Waals surface area (Å²) in [5, 5.41) is 9.82. The minimum Gasteiger partial charge on any atom is -0.354 e. The van der Waals surface area contributed by atoms with E-state index in [1.165, 1.54) is 17.8 Å². The minimum absolute atomic E-state index is 0.155. The Labute approximate surface area is 146 Å². The average Bonchev–Trinajstić information content (AvgIpc) is 3.24. The molecule has 8 nitrogen and oxygen atoms in total. The lowest BCUT2D eigenvalue weighted by Crippen LogP contribution is -2.64. The van der Waals surface area contributed by atoms with E-state index in [1.54, 1.807) is 11.8 Å². The van der Waals surface area contributed by atoms with Gasteiger partial charge in [-0.15, -0.1) is 0 Å². The van der Waals surface area contributed by atoms with Crippen LogP contribution in [0.25, 0.3) is 0 Å². The average molecular weight is 347 g/mol. The van der Waals surface area contributed by atoms with Gasteiger partial charge < -0.3 is 15.5 Å². The van der Waals surface area contributed by atoms with Gasteiger partial charge in [-0.05, 0) is 26.7 Å². The fourth-order valence-electron chi connectivity index (χ4n) is 3.79. The SMILES string of the molecule is CCN1C(=O)c2cc(C(=O)NC)nn2CC1(C)C(=O)NC1CCCC1. The van der Waals surface area contributed by atoms with Crippen molar-refractivity contribution in [3.63, 3.8) is 0 Å². The molecule has 25 heavy (non-hydrogen) atoms. The molecule has 1 saturated carbocycles. The predicted octanol–water partition coefficient (Wildman–Crippen LogP) is 0.536. The van der Waals surface area contributed by atoms with E-state index in [4.69, 9.17) is 0 Å². The van der Waals surface area contributed by atoms with Gasteiger partial charge >= 0.3 is 0 Å². The highest BCUT2D eigenvalue weighted by atomic mass is 16.2. The molecular formula is C17H25N5O3. The molecule has 1 atom stereocenters. The Kier molecular flexibility index (Phi) is 4.53. The molecule has 0 aromatic carbocycles. The van der Waals surface area contributed by atoms with Crippen LogP contribution in [0.2, 0.25) is 0 Å². The third-order valence-electron chi connectivity index (χ3n) is 5.25. The topological polar surface area (TPSA) is 96.3 Å². The standard InChI is InChI=1S/C17H25N5O3/c1-4-21-15(24)13-9-12(14(23)18-3)20-22(13)10-17(21,2)16(25)19-11-7-5-6-8-11/h9,11H,4-8,10H2,1-3H3,(H,18,23)(H,19,25). The lowest BCUT2D eigenvalue weighted by atomic mass is 9.94. The number of aromatic nitrogens is 2. The number of amides is 3. The van der Waals surface area contributed by atoms with Crippen molar-refractivity contribution in [2.75, 3.05) is 13.6 Å². The van der Waals surface area contributed by atoms with Gasteiger partial charge in [0.25, 0.3) is 11.8 Å². The zero-order chi connectivity index (χ0) is 18.2. The first kappa shape index (κ1) is 17.4. The van der Waals surface area contributed by atoms with E-state index in [0.29, 0.717) is 12.2 Å². The zero-order valence-corrected chi connectivity index (χ0v) is 15.0. The molecule has 2 heterocycles. The quantitative estimate of drug-likeness (QED) is 0.831. The van der Waals surface area contributed by atoms with Crippen LogP contribution in [0.1, 0.15) is 60.5 Å². The van der Waals surface area contributed by atoms with Crippen LogP contribution in [0.3, 0.4) is 0 Å². The Morgan fingerprint density at radius 1 is 1.36 bits per heavy atom. The first-order chi connectivity index (χ1) is 11.9. The van der Waals surface area contributed by atoms with E-state index in [-0.39, 0.29) is 36.0 Å². The molecule has 0 spiro atoms. The van der Waals surface area contributed by atoms with E-state index in [9.17, 15) is 14.4 Å². The summed E-state index contributed by atoms with van der Waals surface area (Å²) < 4.78 is 1.48. The Balaban J connectivity index is 1.91. The number of nitrogens with zero attached hydrogens (tertiary/aromatic N) is 3. The van der Waals surface area contributed by atoms with Crippen molar-refractivity contribution in [3.8, 4) is 0 Å². The highest BCUT2D eigenvalue weighted by Gasteiger charge is 2.48. The molecule has 0 bridgehead atoms. The molecule has 2 aliphatic rings. The molecule has 3 amide bonds. The van der Waals surface area contributed by atoms with Crippen LogP contribution in [0, 0.1) is 0 Å². The van der Waals surface area contributed by atoms with Gasteiger partial charge in [0.15, 0.2) is 5.69 Å². The molecule has 2 N–H and O–H groups in total. The Hall–Kier alpha value is -2.38. The molecule has 1 aliphatic heterocycles. The Morgan fingerprint density at radius 2 is 2.04 bits per heavy atom. The first-order valence-electron chi connectivity index (χ1n) is 8.83. The fourth-order valence-corrected chi connectivity index (χ4v) is 3.79. The van der Waals surface area contributed by atoms with Crippen LogP contribution < -0.4 is 10.6 Å². The van der Waals surface area contributed by atoms with Crippen LogP contribution in [0.4, 0.5) is 0 Å². The number of rotatable bonds is 4. The molecule has 1 aliphatic carbocycles. The molecule has 1 fully saturated rings. The van der Waals surface area contributed by atoms with Crippen molar-refractivity contribution < 1.29 is 14.4 Å². The minimum atomic E-state index is -1.02. The molecule has 1 aromatic rings. The predicted molar refractivity (Wildman–Crippen MR) is 91.1 cm³/mol. The van der Waals surface area contributed by atoms with E-state index in [0.717, 1.165) is 25.7 Å². The van der Waals surface area contributed by atoms with E-state index in [1.807, 2.05) is 6.92 Å². The zero-order valence-electron chi connectivity index (χ0n) is 15.0. The highest BCUT2D eigenvalue weighted by Crippen LogP contribution is 2.28. The van der Waals surface area contributed by atoms with Crippen molar-refractivity contribution in [1.82, 2.24) is 25.3 Å². The van der Waals surface area contributed by atoms with Gasteiger partial charge in [-0.3, -0.25) is 19.1 Å². The summed E-state index contributed by atoms with van der Waals surface area (Å²) in [6, 6.07) is 1.66. The molecule has 0 radical (unpaired) electrons. The molecular weight excluding hydrogens is 322 g/mol. The smallest absolute Gasteiger partial charge is 0.273 e. The number of hydrogen-bond donors (Lipinski definition) is 2. The van der Waals surface area contributed by atoms with E-state index in [2.05, 4.69) is 15.7 Å². The summed E-state index contributed by atoms with van der Waals surface area (Å²) in [5.74, 6) is -0.785. The van der Waals surface area contributed by atoms with Crippen LogP contribution in [0.15, 0.2) is 6.07 Å². The summed E-state index contributed by atoms with van der Waals surface area (Å²) in [6.07, 6.45) is 4.21. The second-order valence-electron chi connectivity index (χ2n) is 6.93. The van der Waals surface area contributed by atoms with Gasteiger partial charge in [0, 0.05) is 25.7 Å². The van der Waals surface area contributed by atoms with E-state index < -0.39 is 5.54 Å². The normalized spacial score (nSPS) is 23.5. The van der Waals surface area contributed by atoms with Gasteiger partial charge in [-0.25, -0.2) is 0 Å². The number of hydrogen-bond acceptors (Lipinski definition) is 4. The van der Waals surface area contributed by atoms with Gasteiger partial charge in [0.05, 0.1) is 6.54 Å². The maximum absolute atomic E-state index is 13.0. The highest BCUT2D eigenvalue weighted by molar-refractivity contribution is 6.01. The second kappa shape index (κ2) is 6.50. The maximum atomic E-state index is 13.0. The summed E-state index contributed by atoms with van der Waals surface area (Å²) in [4.78, 5) is 39.2. The summed E-state index contributed by atoms with van der Waals surface area (Å²) in [6.45, 7) is 4.26. The van der Waals surface area contributed by atoms with Crippen molar-refractivity contribution in [3.05, 3.63) is 17.5 Å². The second-order valence-corrected chi connectivity index (χ2v) is 6.93. The van der Waals surface area contributed by atoms with Gasteiger partial charge in [-0.1, -0.05) is 12.8 Å². The lowest BCUT2D eigenvalue weighted by Gasteiger charge is -2.43. The number of carbonyl (C=O) groups is 3. The molecule has 3 rings (SSSR count). The molecule has 0 saturated heterocycles. The molecule has 136 valence electrons. The Bertz CT molecular complexity index is 707. The number of likely N-dealkylation sites (N-methyl/N-ethyl adjacent to an activating group) is 1. The van der Waals surface area contributed by atoms with Crippen LogP contribution in [-0.2, 0) is 11.3 Å².